The Bertz CT molecular complexity index is 640. The molecule has 100 valence electrons. The summed E-state index contributed by atoms with van der Waals surface area (Å²) < 4.78 is 10.4. The SMILES string of the molecule is COc1cc(OC)c2c(CN)ncc(C(=O)O)c2c1. The number of hydrogen-bond acceptors (Lipinski definition) is 5. The Kier molecular flexibility index (Phi) is 3.52. The number of fused-ring (bicyclic) bond motifs is 1. The Morgan fingerprint density at radius 2 is 2.11 bits per heavy atom. The van der Waals surface area contributed by atoms with Crippen molar-refractivity contribution in [2.45, 2.75) is 6.54 Å². The molecule has 1 heterocycles. The minimum atomic E-state index is -1.06. The second-order valence-corrected chi connectivity index (χ2v) is 3.88. The van der Waals surface area contributed by atoms with Crippen molar-refractivity contribution in [3.63, 3.8) is 0 Å². The van der Waals surface area contributed by atoms with Crippen molar-refractivity contribution in [1.82, 2.24) is 4.98 Å². The molecule has 1 aromatic heterocycles. The first-order valence-corrected chi connectivity index (χ1v) is 5.59. The van der Waals surface area contributed by atoms with Gasteiger partial charge in [-0.05, 0) is 6.07 Å². The van der Waals surface area contributed by atoms with Gasteiger partial charge < -0.3 is 20.3 Å². The highest BCUT2D eigenvalue weighted by atomic mass is 16.5. The molecule has 0 unspecified atom stereocenters. The quantitative estimate of drug-likeness (QED) is 0.865. The molecular weight excluding hydrogens is 248 g/mol. The zero-order chi connectivity index (χ0) is 14.0. The minimum absolute atomic E-state index is 0.0874. The van der Waals surface area contributed by atoms with Gasteiger partial charge in [0.05, 0.1) is 25.5 Å². The van der Waals surface area contributed by atoms with E-state index in [1.807, 2.05) is 0 Å². The van der Waals surface area contributed by atoms with E-state index in [4.69, 9.17) is 15.2 Å². The van der Waals surface area contributed by atoms with Crippen LogP contribution < -0.4 is 15.2 Å². The molecule has 0 bridgehead atoms. The second kappa shape index (κ2) is 5.11. The van der Waals surface area contributed by atoms with Crippen LogP contribution in [-0.4, -0.2) is 30.3 Å². The highest BCUT2D eigenvalue weighted by Crippen LogP contribution is 2.34. The Balaban J connectivity index is 2.92. The van der Waals surface area contributed by atoms with Crippen LogP contribution in [0.2, 0.25) is 0 Å². The van der Waals surface area contributed by atoms with Gasteiger partial charge in [-0.1, -0.05) is 0 Å². The van der Waals surface area contributed by atoms with Crippen molar-refractivity contribution in [2.75, 3.05) is 14.2 Å². The number of nitrogens with two attached hydrogens (primary N) is 1. The van der Waals surface area contributed by atoms with Crippen LogP contribution in [0, 0.1) is 0 Å². The van der Waals surface area contributed by atoms with Crippen molar-refractivity contribution in [1.29, 1.82) is 0 Å². The summed E-state index contributed by atoms with van der Waals surface area (Å²) in [5.41, 5.74) is 6.31. The van der Waals surface area contributed by atoms with E-state index < -0.39 is 5.97 Å². The maximum Gasteiger partial charge on any atom is 0.337 e. The van der Waals surface area contributed by atoms with Crippen LogP contribution in [-0.2, 0) is 6.54 Å². The van der Waals surface area contributed by atoms with Crippen molar-refractivity contribution >= 4 is 16.7 Å². The van der Waals surface area contributed by atoms with Crippen molar-refractivity contribution < 1.29 is 19.4 Å². The normalized spacial score (nSPS) is 10.5. The summed E-state index contributed by atoms with van der Waals surface area (Å²) in [7, 11) is 3.01. The molecule has 3 N–H and O–H groups in total. The molecule has 19 heavy (non-hydrogen) atoms. The number of nitrogens with zero attached hydrogens (tertiary/aromatic N) is 1. The minimum Gasteiger partial charge on any atom is -0.497 e. The maximum atomic E-state index is 11.3. The van der Waals surface area contributed by atoms with E-state index >= 15 is 0 Å². The van der Waals surface area contributed by atoms with Crippen LogP contribution in [0.3, 0.4) is 0 Å². The Morgan fingerprint density at radius 1 is 1.37 bits per heavy atom. The predicted molar refractivity (Wildman–Crippen MR) is 69.7 cm³/mol. The number of benzene rings is 1. The predicted octanol–water partition coefficient (Wildman–Crippen LogP) is 1.41. The largest absolute Gasteiger partial charge is 0.497 e. The zero-order valence-electron chi connectivity index (χ0n) is 10.6. The Morgan fingerprint density at radius 3 is 2.63 bits per heavy atom. The van der Waals surface area contributed by atoms with Gasteiger partial charge in [-0.15, -0.1) is 0 Å². The molecule has 6 nitrogen and oxygen atoms in total. The fourth-order valence-corrected chi connectivity index (χ4v) is 1.98. The molecule has 2 aromatic rings. The molecule has 1 aromatic carbocycles. The smallest absolute Gasteiger partial charge is 0.337 e. The molecule has 0 aliphatic carbocycles. The molecule has 0 amide bonds. The first kappa shape index (κ1) is 13.1. The van der Waals surface area contributed by atoms with Crippen LogP contribution in [0.25, 0.3) is 10.8 Å². The van der Waals surface area contributed by atoms with Crippen LogP contribution >= 0.6 is 0 Å². The Labute approximate surface area is 109 Å². The number of aromatic carboxylic acids is 1. The first-order valence-electron chi connectivity index (χ1n) is 5.59. The molecule has 0 aliphatic rings. The number of pyridine rings is 1. The van der Waals surface area contributed by atoms with E-state index in [1.165, 1.54) is 20.4 Å². The van der Waals surface area contributed by atoms with Gasteiger partial charge in [-0.25, -0.2) is 4.79 Å². The van der Waals surface area contributed by atoms with Gasteiger partial charge in [-0.2, -0.15) is 0 Å². The molecule has 0 atom stereocenters. The summed E-state index contributed by atoms with van der Waals surface area (Å²) in [4.78, 5) is 15.3. The molecular formula is C13H14N2O4. The topological polar surface area (TPSA) is 94.7 Å². The lowest BCUT2D eigenvalue weighted by molar-refractivity contribution is 0.0698. The first-order chi connectivity index (χ1) is 9.12. The lowest BCUT2D eigenvalue weighted by Gasteiger charge is -2.13. The van der Waals surface area contributed by atoms with Gasteiger partial charge in [-0.3, -0.25) is 4.98 Å². The summed E-state index contributed by atoms with van der Waals surface area (Å²) in [6.07, 6.45) is 1.30. The van der Waals surface area contributed by atoms with Gasteiger partial charge in [0.25, 0.3) is 0 Å². The number of aromatic nitrogens is 1. The number of hydrogen-bond donors (Lipinski definition) is 2. The average molecular weight is 262 g/mol. The molecule has 0 saturated heterocycles. The summed E-state index contributed by atoms with van der Waals surface area (Å²) in [5.74, 6) is -0.0530. The zero-order valence-corrected chi connectivity index (χ0v) is 10.6. The molecule has 0 saturated carbocycles. The standard InChI is InChI=1S/C13H14N2O4/c1-18-7-3-8-9(13(16)17)6-15-10(5-14)12(8)11(4-7)19-2/h3-4,6H,5,14H2,1-2H3,(H,16,17). The summed E-state index contributed by atoms with van der Waals surface area (Å²) >= 11 is 0. The average Bonchev–Trinajstić information content (AvgIpc) is 2.44. The van der Waals surface area contributed by atoms with Gasteiger partial charge >= 0.3 is 5.97 Å². The second-order valence-electron chi connectivity index (χ2n) is 3.88. The number of methoxy groups -OCH3 is 2. The number of ether oxygens (including phenoxy) is 2. The van der Waals surface area contributed by atoms with Crippen LogP contribution in [0.1, 0.15) is 16.1 Å². The van der Waals surface area contributed by atoms with Gasteiger partial charge in [0.15, 0.2) is 0 Å². The van der Waals surface area contributed by atoms with Crippen molar-refractivity contribution in [3.05, 3.63) is 29.6 Å². The number of carboxylic acid groups (broad SMARTS) is 1. The summed E-state index contributed by atoms with van der Waals surface area (Å²) in [6, 6.07) is 3.32. The third kappa shape index (κ3) is 2.17. The highest BCUT2D eigenvalue weighted by molar-refractivity contribution is 6.06. The fraction of sp³-hybridized carbons (Fsp3) is 0.231. The van der Waals surface area contributed by atoms with Crippen LogP contribution in [0.5, 0.6) is 11.5 Å². The Hall–Kier alpha value is -2.34. The maximum absolute atomic E-state index is 11.3. The number of carbonyl (C=O) groups is 1. The molecule has 0 radical (unpaired) electrons. The molecule has 0 spiro atoms. The van der Waals surface area contributed by atoms with E-state index in [-0.39, 0.29) is 12.1 Å². The van der Waals surface area contributed by atoms with Gasteiger partial charge in [0, 0.05) is 29.6 Å². The van der Waals surface area contributed by atoms with Crippen LogP contribution in [0.4, 0.5) is 0 Å². The fourth-order valence-electron chi connectivity index (χ4n) is 1.98. The molecule has 0 aliphatic heterocycles. The molecule has 0 fully saturated rings. The third-order valence-electron chi connectivity index (χ3n) is 2.88. The van der Waals surface area contributed by atoms with Crippen molar-refractivity contribution in [3.8, 4) is 11.5 Å². The van der Waals surface area contributed by atoms with E-state index in [1.54, 1.807) is 12.1 Å². The lowest BCUT2D eigenvalue weighted by Crippen LogP contribution is -2.06. The van der Waals surface area contributed by atoms with Gasteiger partial charge in [0.2, 0.25) is 0 Å². The summed E-state index contributed by atoms with van der Waals surface area (Å²) in [5, 5.41) is 10.3. The monoisotopic (exact) mass is 262 g/mol. The summed E-state index contributed by atoms with van der Waals surface area (Å²) in [6.45, 7) is 0.194. The van der Waals surface area contributed by atoms with E-state index in [9.17, 15) is 9.90 Å². The van der Waals surface area contributed by atoms with Crippen molar-refractivity contribution in [2.24, 2.45) is 5.73 Å². The molecule has 2 rings (SSSR count). The molecule has 6 heteroatoms. The highest BCUT2D eigenvalue weighted by Gasteiger charge is 2.17. The van der Waals surface area contributed by atoms with E-state index in [2.05, 4.69) is 4.98 Å². The van der Waals surface area contributed by atoms with Crippen LogP contribution in [0.15, 0.2) is 18.3 Å². The lowest BCUT2D eigenvalue weighted by atomic mass is 10.0. The van der Waals surface area contributed by atoms with E-state index in [0.717, 1.165) is 0 Å². The number of rotatable bonds is 4. The van der Waals surface area contributed by atoms with Gasteiger partial charge in [0.1, 0.15) is 11.5 Å². The number of carboxylic acids is 1. The van der Waals surface area contributed by atoms with E-state index in [0.29, 0.717) is 28.0 Å². The third-order valence-corrected chi connectivity index (χ3v) is 2.88.